The van der Waals surface area contributed by atoms with Crippen molar-refractivity contribution in [2.75, 3.05) is 23.3 Å². The Morgan fingerprint density at radius 3 is 3.00 bits per heavy atom. The summed E-state index contributed by atoms with van der Waals surface area (Å²) in [5, 5.41) is 16.9. The number of anilines is 2. The van der Waals surface area contributed by atoms with Gasteiger partial charge >= 0.3 is 0 Å². The number of nitrogens with one attached hydrogen (secondary N) is 1. The number of carbonyl (C=O) groups excluding carboxylic acids is 1. The van der Waals surface area contributed by atoms with Crippen LogP contribution in [0.5, 0.6) is 0 Å². The van der Waals surface area contributed by atoms with E-state index in [0.717, 1.165) is 49.5 Å². The van der Waals surface area contributed by atoms with Gasteiger partial charge < -0.3 is 10.2 Å². The summed E-state index contributed by atoms with van der Waals surface area (Å²) in [7, 11) is 0. The number of aryl methyl sites for hydroxylation is 1. The zero-order valence-electron chi connectivity index (χ0n) is 16.2. The van der Waals surface area contributed by atoms with Crippen molar-refractivity contribution < 1.29 is 4.79 Å². The first kappa shape index (κ1) is 19.4. The summed E-state index contributed by atoms with van der Waals surface area (Å²) in [5.41, 5.74) is 0. The number of aromatic nitrogens is 7. The quantitative estimate of drug-likeness (QED) is 0.626. The van der Waals surface area contributed by atoms with Gasteiger partial charge in [-0.05, 0) is 19.3 Å². The Hall–Kier alpha value is -2.95. The molecular formula is C18H23N9OS. The molecule has 1 unspecified atom stereocenters. The molecule has 1 aliphatic rings. The largest absolute Gasteiger partial charge is 0.356 e. The van der Waals surface area contributed by atoms with Gasteiger partial charge in [-0.1, -0.05) is 24.7 Å². The normalized spacial score (nSPS) is 16.7. The number of piperidine rings is 1. The van der Waals surface area contributed by atoms with Crippen molar-refractivity contribution in [2.24, 2.45) is 5.92 Å². The number of carbonyl (C=O) groups is 1. The van der Waals surface area contributed by atoms with Crippen molar-refractivity contribution in [1.29, 1.82) is 0 Å². The van der Waals surface area contributed by atoms with E-state index in [9.17, 15) is 4.79 Å². The topological polar surface area (TPSA) is 115 Å². The molecule has 11 heteroatoms. The van der Waals surface area contributed by atoms with E-state index in [-0.39, 0.29) is 11.8 Å². The predicted octanol–water partition coefficient (Wildman–Crippen LogP) is 2.11. The molecule has 10 nitrogen and oxygen atoms in total. The molecule has 152 valence electrons. The van der Waals surface area contributed by atoms with Crippen LogP contribution < -0.4 is 10.2 Å². The molecule has 3 aromatic heterocycles. The van der Waals surface area contributed by atoms with Crippen LogP contribution in [0.1, 0.15) is 37.6 Å². The van der Waals surface area contributed by atoms with E-state index in [1.54, 1.807) is 11.0 Å². The third kappa shape index (κ3) is 4.73. The fourth-order valence-corrected chi connectivity index (χ4v) is 4.09. The average Bonchev–Trinajstić information content (AvgIpc) is 3.45. The molecule has 0 radical (unpaired) electrons. The molecule has 1 atom stereocenters. The monoisotopic (exact) mass is 413 g/mol. The van der Waals surface area contributed by atoms with Gasteiger partial charge in [-0.3, -0.25) is 4.79 Å². The molecule has 0 saturated carbocycles. The van der Waals surface area contributed by atoms with Crippen LogP contribution >= 0.6 is 11.3 Å². The van der Waals surface area contributed by atoms with E-state index in [4.69, 9.17) is 0 Å². The van der Waals surface area contributed by atoms with E-state index < -0.39 is 0 Å². The molecule has 1 amide bonds. The lowest BCUT2D eigenvalue weighted by molar-refractivity contribution is -0.120. The van der Waals surface area contributed by atoms with Crippen LogP contribution in [0.3, 0.4) is 0 Å². The molecular weight excluding hydrogens is 390 g/mol. The van der Waals surface area contributed by atoms with Gasteiger partial charge in [-0.2, -0.15) is 5.10 Å². The smallest absolute Gasteiger partial charge is 0.231 e. The average molecular weight is 414 g/mol. The lowest BCUT2D eigenvalue weighted by Gasteiger charge is -2.32. The van der Waals surface area contributed by atoms with Crippen molar-refractivity contribution in [1.82, 2.24) is 34.9 Å². The summed E-state index contributed by atoms with van der Waals surface area (Å²) in [4.78, 5) is 27.5. The molecule has 1 saturated heterocycles. The third-order valence-corrected chi connectivity index (χ3v) is 5.75. The highest BCUT2D eigenvalue weighted by molar-refractivity contribution is 7.15. The molecule has 29 heavy (non-hydrogen) atoms. The molecule has 0 aromatic carbocycles. The van der Waals surface area contributed by atoms with Crippen LogP contribution in [0.15, 0.2) is 25.0 Å². The highest BCUT2D eigenvalue weighted by Gasteiger charge is 2.27. The van der Waals surface area contributed by atoms with Gasteiger partial charge in [0.15, 0.2) is 5.82 Å². The first-order chi connectivity index (χ1) is 14.2. The zero-order chi connectivity index (χ0) is 20.1. The van der Waals surface area contributed by atoms with Gasteiger partial charge in [0, 0.05) is 25.6 Å². The summed E-state index contributed by atoms with van der Waals surface area (Å²) >= 11 is 1.46. The van der Waals surface area contributed by atoms with Gasteiger partial charge in [0.2, 0.25) is 11.0 Å². The van der Waals surface area contributed by atoms with Gasteiger partial charge in [0.05, 0.1) is 5.92 Å². The van der Waals surface area contributed by atoms with Gasteiger partial charge in [-0.25, -0.2) is 19.6 Å². The molecule has 1 N–H and O–H groups in total. The first-order valence-electron chi connectivity index (χ1n) is 9.78. The zero-order valence-corrected chi connectivity index (χ0v) is 17.0. The molecule has 1 aliphatic heterocycles. The summed E-state index contributed by atoms with van der Waals surface area (Å²) < 4.78 is 1.59. The lowest BCUT2D eigenvalue weighted by atomic mass is 9.97. The maximum absolute atomic E-state index is 12.8. The van der Waals surface area contributed by atoms with Gasteiger partial charge in [0.25, 0.3) is 0 Å². The Balaban J connectivity index is 1.40. The second-order valence-corrected chi connectivity index (χ2v) is 8.02. The molecule has 4 heterocycles. The molecule has 0 bridgehead atoms. The second-order valence-electron chi connectivity index (χ2n) is 6.95. The van der Waals surface area contributed by atoms with Gasteiger partial charge in [0.1, 0.15) is 29.8 Å². The Kier molecular flexibility index (Phi) is 6.03. The minimum Gasteiger partial charge on any atom is -0.356 e. The van der Waals surface area contributed by atoms with Gasteiger partial charge in [-0.15, -0.1) is 10.2 Å². The number of amides is 1. The lowest BCUT2D eigenvalue weighted by Crippen LogP contribution is -2.41. The van der Waals surface area contributed by atoms with E-state index in [1.165, 1.54) is 24.0 Å². The molecule has 4 rings (SSSR count). The molecule has 1 fully saturated rings. The highest BCUT2D eigenvalue weighted by Crippen LogP contribution is 2.24. The summed E-state index contributed by atoms with van der Waals surface area (Å²) in [6.07, 6.45) is 9.41. The highest BCUT2D eigenvalue weighted by atomic mass is 32.1. The second kappa shape index (κ2) is 9.03. The van der Waals surface area contributed by atoms with Crippen LogP contribution in [-0.2, 0) is 11.2 Å². The minimum atomic E-state index is -0.128. The van der Waals surface area contributed by atoms with Crippen molar-refractivity contribution in [3.8, 4) is 5.82 Å². The summed E-state index contributed by atoms with van der Waals surface area (Å²) in [6.45, 7) is 3.59. The Morgan fingerprint density at radius 2 is 2.17 bits per heavy atom. The Labute approximate surface area is 172 Å². The summed E-state index contributed by atoms with van der Waals surface area (Å²) in [6, 6.07) is 1.86. The van der Waals surface area contributed by atoms with Crippen LogP contribution in [0.2, 0.25) is 0 Å². The van der Waals surface area contributed by atoms with E-state index >= 15 is 0 Å². The number of unbranched alkanes of at least 4 members (excludes halogenated alkanes) is 1. The van der Waals surface area contributed by atoms with Crippen molar-refractivity contribution in [2.45, 2.75) is 39.0 Å². The number of hydrogen-bond donors (Lipinski definition) is 1. The molecule has 0 spiro atoms. The first-order valence-corrected chi connectivity index (χ1v) is 10.6. The van der Waals surface area contributed by atoms with E-state index in [0.29, 0.717) is 17.5 Å². The minimum absolute atomic E-state index is 0.0153. The third-order valence-electron chi connectivity index (χ3n) is 4.85. The van der Waals surface area contributed by atoms with Crippen molar-refractivity contribution in [3.05, 3.63) is 30.1 Å². The maximum atomic E-state index is 12.8. The van der Waals surface area contributed by atoms with E-state index in [1.807, 2.05) is 6.07 Å². The Bertz CT molecular complexity index is 942. The van der Waals surface area contributed by atoms with Crippen LogP contribution in [0.4, 0.5) is 10.9 Å². The van der Waals surface area contributed by atoms with Crippen LogP contribution in [0, 0.1) is 5.92 Å². The number of nitrogens with zero attached hydrogens (tertiary/aromatic N) is 8. The molecule has 0 aliphatic carbocycles. The SMILES string of the molecule is CCCCc1nnc(NC(=O)C2CCCN(c3cc(-n4cncn4)ncn3)C2)s1. The maximum Gasteiger partial charge on any atom is 0.231 e. The molecule has 3 aromatic rings. The van der Waals surface area contributed by atoms with Crippen molar-refractivity contribution in [3.63, 3.8) is 0 Å². The Morgan fingerprint density at radius 1 is 1.28 bits per heavy atom. The van der Waals surface area contributed by atoms with Crippen molar-refractivity contribution >= 4 is 28.2 Å². The standard InChI is InChI=1S/C18H23N9OS/c1-2-3-6-16-24-25-18(29-16)23-17(28)13-5-4-7-26(9-13)14-8-15(21-11-20-14)27-12-19-10-22-27/h8,10-13H,2-7,9H2,1H3,(H,23,25,28). The van der Waals surface area contributed by atoms with Crippen LogP contribution in [-0.4, -0.2) is 53.9 Å². The fraction of sp³-hybridized carbons (Fsp3) is 0.500. The number of hydrogen-bond acceptors (Lipinski definition) is 9. The summed E-state index contributed by atoms with van der Waals surface area (Å²) in [5.74, 6) is 1.28. The fourth-order valence-electron chi connectivity index (χ4n) is 3.30. The van der Waals surface area contributed by atoms with E-state index in [2.05, 4.69) is 47.4 Å². The number of rotatable bonds is 7. The predicted molar refractivity (Wildman–Crippen MR) is 109 cm³/mol. The van der Waals surface area contributed by atoms with Crippen LogP contribution in [0.25, 0.3) is 5.82 Å².